The fraction of sp³-hybridized carbons (Fsp3) is 0.750. The molecule has 188 valence electrons. The fourth-order valence-electron chi connectivity index (χ4n) is 5.70. The highest BCUT2D eigenvalue weighted by Crippen LogP contribution is 2.31. The predicted octanol–water partition coefficient (Wildman–Crippen LogP) is 2.12. The number of fused-ring (bicyclic) bond motifs is 1. The molecule has 2 saturated heterocycles. The number of rotatable bonds is 10. The number of aryl methyl sites for hydroxylation is 1. The van der Waals surface area contributed by atoms with Gasteiger partial charge in [0.2, 0.25) is 12.3 Å². The highest BCUT2D eigenvalue weighted by atomic mass is 19.1. The molecule has 3 heterocycles. The van der Waals surface area contributed by atoms with Crippen molar-refractivity contribution in [2.24, 2.45) is 11.8 Å². The van der Waals surface area contributed by atoms with Gasteiger partial charge in [0.25, 0.3) is 0 Å². The number of hydrogen-bond acceptors (Lipinski definition) is 7. The van der Waals surface area contributed by atoms with E-state index in [1.54, 1.807) is 0 Å². The Labute approximate surface area is 200 Å². The van der Waals surface area contributed by atoms with E-state index in [-0.39, 0.29) is 24.7 Å². The number of nitrogens with one attached hydrogen (secondary N) is 1. The number of aromatic nitrogens is 2. The molecule has 10 heteroatoms. The van der Waals surface area contributed by atoms with Crippen molar-refractivity contribution in [2.45, 2.75) is 70.9 Å². The predicted molar refractivity (Wildman–Crippen MR) is 125 cm³/mol. The first kappa shape index (κ1) is 24.8. The van der Waals surface area contributed by atoms with Gasteiger partial charge in [-0.2, -0.15) is 0 Å². The molecule has 1 aromatic rings. The van der Waals surface area contributed by atoms with Gasteiger partial charge in [-0.25, -0.2) is 19.4 Å². The van der Waals surface area contributed by atoms with Crippen LogP contribution in [-0.2, 0) is 22.6 Å². The molecule has 1 saturated carbocycles. The fourth-order valence-corrected chi connectivity index (χ4v) is 5.70. The molecule has 3 fully saturated rings. The summed E-state index contributed by atoms with van der Waals surface area (Å²) in [4.78, 5) is 37.3. The van der Waals surface area contributed by atoms with E-state index in [0.717, 1.165) is 58.3 Å². The van der Waals surface area contributed by atoms with Gasteiger partial charge < -0.3 is 10.2 Å². The number of hydroxylamine groups is 2. The molecule has 3 aliphatic rings. The van der Waals surface area contributed by atoms with Gasteiger partial charge in [-0.3, -0.25) is 19.7 Å². The van der Waals surface area contributed by atoms with Crippen LogP contribution in [0.5, 0.6) is 0 Å². The van der Waals surface area contributed by atoms with E-state index >= 15 is 4.39 Å². The SMILES string of the molecule is CCc1nc(CNC(=O)[C@H](CC2CCCC2)CN(O)C=O)c(F)c(N2CCN3CCC[C@@H]3C2)n1. The number of amides is 2. The zero-order valence-corrected chi connectivity index (χ0v) is 20.1. The first-order valence-corrected chi connectivity index (χ1v) is 12.7. The maximum Gasteiger partial charge on any atom is 0.233 e. The monoisotopic (exact) mass is 476 g/mol. The number of halogens is 1. The number of hydrogen-bond donors (Lipinski definition) is 2. The Balaban J connectivity index is 1.45. The lowest BCUT2D eigenvalue weighted by Gasteiger charge is -2.38. The summed E-state index contributed by atoms with van der Waals surface area (Å²) in [6, 6.07) is 0.437. The Morgan fingerprint density at radius 1 is 1.24 bits per heavy atom. The minimum Gasteiger partial charge on any atom is -0.351 e. The van der Waals surface area contributed by atoms with Crippen molar-refractivity contribution in [1.82, 2.24) is 25.2 Å². The molecule has 0 radical (unpaired) electrons. The van der Waals surface area contributed by atoms with Gasteiger partial charge in [0.05, 0.1) is 19.0 Å². The topological polar surface area (TPSA) is 102 Å². The van der Waals surface area contributed by atoms with Crippen LogP contribution in [0.4, 0.5) is 10.2 Å². The summed E-state index contributed by atoms with van der Waals surface area (Å²) < 4.78 is 15.5. The lowest BCUT2D eigenvalue weighted by Crippen LogP contribution is -2.50. The van der Waals surface area contributed by atoms with Crippen molar-refractivity contribution in [3.63, 3.8) is 0 Å². The lowest BCUT2D eigenvalue weighted by atomic mass is 9.92. The van der Waals surface area contributed by atoms with E-state index in [2.05, 4.69) is 20.2 Å². The molecule has 9 nitrogen and oxygen atoms in total. The van der Waals surface area contributed by atoms with Crippen LogP contribution in [0.1, 0.15) is 63.4 Å². The van der Waals surface area contributed by atoms with Crippen LogP contribution >= 0.6 is 0 Å². The van der Waals surface area contributed by atoms with Crippen LogP contribution in [-0.4, -0.2) is 76.2 Å². The largest absolute Gasteiger partial charge is 0.351 e. The molecule has 2 atom stereocenters. The second-order valence-corrected chi connectivity index (χ2v) is 9.88. The third-order valence-corrected chi connectivity index (χ3v) is 7.57. The highest BCUT2D eigenvalue weighted by molar-refractivity contribution is 5.79. The molecule has 0 spiro atoms. The number of nitrogens with zero attached hydrogens (tertiary/aromatic N) is 5. The van der Waals surface area contributed by atoms with Crippen molar-refractivity contribution < 1.29 is 19.2 Å². The molecular weight excluding hydrogens is 439 g/mol. The van der Waals surface area contributed by atoms with Crippen LogP contribution in [0.15, 0.2) is 0 Å². The smallest absolute Gasteiger partial charge is 0.233 e. The average Bonchev–Trinajstić information content (AvgIpc) is 3.54. The van der Waals surface area contributed by atoms with Gasteiger partial charge in [0.15, 0.2) is 11.6 Å². The summed E-state index contributed by atoms with van der Waals surface area (Å²) in [5, 5.41) is 13.0. The quantitative estimate of drug-likeness (QED) is 0.303. The van der Waals surface area contributed by atoms with Crippen molar-refractivity contribution in [3.8, 4) is 0 Å². The number of piperazine rings is 1. The summed E-state index contributed by atoms with van der Waals surface area (Å²) in [5.41, 5.74) is 0.180. The minimum absolute atomic E-state index is 0.0513. The molecule has 0 bridgehead atoms. The first-order chi connectivity index (χ1) is 16.5. The van der Waals surface area contributed by atoms with E-state index < -0.39 is 11.7 Å². The van der Waals surface area contributed by atoms with Crippen molar-refractivity contribution in [2.75, 3.05) is 37.6 Å². The summed E-state index contributed by atoms with van der Waals surface area (Å²) in [6.45, 7) is 5.30. The number of carbonyl (C=O) groups excluding carboxylic acids is 2. The zero-order chi connectivity index (χ0) is 24.1. The third-order valence-electron chi connectivity index (χ3n) is 7.57. The Kier molecular flexibility index (Phi) is 8.31. The summed E-state index contributed by atoms with van der Waals surface area (Å²) in [5.74, 6) is -0.0482. The van der Waals surface area contributed by atoms with Gasteiger partial charge in [0, 0.05) is 32.1 Å². The molecule has 0 aromatic carbocycles. The molecule has 2 aliphatic heterocycles. The Morgan fingerprint density at radius 2 is 2.03 bits per heavy atom. The van der Waals surface area contributed by atoms with Gasteiger partial charge in [-0.05, 0) is 31.7 Å². The average molecular weight is 477 g/mol. The maximum absolute atomic E-state index is 15.5. The van der Waals surface area contributed by atoms with Gasteiger partial charge in [-0.15, -0.1) is 0 Å². The number of carbonyl (C=O) groups is 2. The molecule has 2 N–H and O–H groups in total. The van der Waals surface area contributed by atoms with Gasteiger partial charge in [0.1, 0.15) is 11.5 Å². The Hall–Kier alpha value is -2.33. The van der Waals surface area contributed by atoms with Crippen molar-refractivity contribution in [3.05, 3.63) is 17.3 Å². The second-order valence-electron chi connectivity index (χ2n) is 9.88. The van der Waals surface area contributed by atoms with E-state index in [9.17, 15) is 14.8 Å². The van der Waals surface area contributed by atoms with Gasteiger partial charge >= 0.3 is 0 Å². The molecule has 1 aliphatic carbocycles. The van der Waals surface area contributed by atoms with Crippen molar-refractivity contribution >= 4 is 18.1 Å². The Morgan fingerprint density at radius 3 is 2.76 bits per heavy atom. The normalized spacial score (nSPS) is 22.0. The van der Waals surface area contributed by atoms with Crippen LogP contribution in [0, 0.1) is 17.7 Å². The first-order valence-electron chi connectivity index (χ1n) is 12.7. The van der Waals surface area contributed by atoms with Crippen LogP contribution in [0.3, 0.4) is 0 Å². The second kappa shape index (κ2) is 11.4. The number of anilines is 1. The van der Waals surface area contributed by atoms with Crippen molar-refractivity contribution in [1.29, 1.82) is 0 Å². The van der Waals surface area contributed by atoms with E-state index in [0.29, 0.717) is 47.9 Å². The molecule has 2 amide bonds. The highest BCUT2D eigenvalue weighted by Gasteiger charge is 2.33. The van der Waals surface area contributed by atoms with E-state index in [1.165, 1.54) is 6.42 Å². The summed E-state index contributed by atoms with van der Waals surface area (Å²) in [7, 11) is 0. The molecule has 34 heavy (non-hydrogen) atoms. The summed E-state index contributed by atoms with van der Waals surface area (Å²) >= 11 is 0. The lowest BCUT2D eigenvalue weighted by molar-refractivity contribution is -0.155. The standard InChI is InChI=1S/C24H37FN6O3/c1-2-21-27-20(22(25)23(28-21)30-11-10-29-9-5-8-19(29)15-30)13-26-24(33)18(14-31(34)16-32)12-17-6-3-4-7-17/h16-19,34H,2-15H2,1H3,(H,26,33)/t18-,19-/m1/s1. The van der Waals surface area contributed by atoms with E-state index in [4.69, 9.17) is 0 Å². The molecular formula is C24H37FN6O3. The van der Waals surface area contributed by atoms with E-state index in [1.807, 2.05) is 11.8 Å². The van der Waals surface area contributed by atoms with Crippen LogP contribution in [0.2, 0.25) is 0 Å². The Bertz CT molecular complexity index is 865. The third kappa shape index (κ3) is 5.83. The van der Waals surface area contributed by atoms with Crippen LogP contribution in [0.25, 0.3) is 0 Å². The summed E-state index contributed by atoms with van der Waals surface area (Å²) in [6.07, 6.45) is 8.16. The zero-order valence-electron chi connectivity index (χ0n) is 20.1. The molecule has 0 unspecified atom stereocenters. The van der Waals surface area contributed by atoms with Gasteiger partial charge in [-0.1, -0.05) is 32.6 Å². The maximum atomic E-state index is 15.5. The molecule has 4 rings (SSSR count). The van der Waals surface area contributed by atoms with Crippen LogP contribution < -0.4 is 10.2 Å². The minimum atomic E-state index is -0.552. The molecule has 1 aromatic heterocycles.